The van der Waals surface area contributed by atoms with Crippen molar-refractivity contribution >= 4 is 17.7 Å². The van der Waals surface area contributed by atoms with Crippen LogP contribution in [-0.4, -0.2) is 52.4 Å². The first-order valence-electron chi connectivity index (χ1n) is 8.10. The van der Waals surface area contributed by atoms with Crippen molar-refractivity contribution in [3.05, 3.63) is 41.9 Å². The van der Waals surface area contributed by atoms with Gasteiger partial charge in [0.1, 0.15) is 5.82 Å². The van der Waals surface area contributed by atoms with E-state index in [0.717, 1.165) is 30.0 Å². The Morgan fingerprint density at radius 2 is 2.21 bits per heavy atom. The van der Waals surface area contributed by atoms with E-state index in [9.17, 15) is 4.79 Å². The number of hydrogen-bond donors (Lipinski definition) is 2. The Morgan fingerprint density at radius 1 is 1.33 bits per heavy atom. The third-order valence-electron chi connectivity index (χ3n) is 4.12. The molecule has 2 aromatic rings. The number of hydrogen-bond acceptors (Lipinski definition) is 6. The predicted molar refractivity (Wildman–Crippen MR) is 92.2 cm³/mol. The highest BCUT2D eigenvalue weighted by molar-refractivity contribution is 5.78. The van der Waals surface area contributed by atoms with Crippen LogP contribution in [-0.2, 0) is 4.79 Å². The van der Waals surface area contributed by atoms with E-state index < -0.39 is 0 Å². The number of nitrogens with zero attached hydrogens (tertiary/aromatic N) is 4. The minimum Gasteiger partial charge on any atom is -0.341 e. The van der Waals surface area contributed by atoms with Gasteiger partial charge in [-0.3, -0.25) is 4.79 Å². The van der Waals surface area contributed by atoms with Crippen LogP contribution >= 0.6 is 0 Å². The van der Waals surface area contributed by atoms with Gasteiger partial charge < -0.3 is 15.5 Å². The van der Waals surface area contributed by atoms with Crippen molar-refractivity contribution in [3.63, 3.8) is 0 Å². The maximum Gasteiger partial charge on any atom is 0.236 e. The molecule has 1 atom stereocenters. The summed E-state index contributed by atoms with van der Waals surface area (Å²) in [5, 5.41) is 6.03. The number of rotatable bonds is 5. The number of carbonyl (C=O) groups is 1. The molecule has 1 unspecified atom stereocenters. The summed E-state index contributed by atoms with van der Waals surface area (Å²) < 4.78 is 0. The summed E-state index contributed by atoms with van der Waals surface area (Å²) in [5.74, 6) is 1.63. The zero-order valence-corrected chi connectivity index (χ0v) is 14.0. The molecule has 1 aliphatic heterocycles. The fourth-order valence-corrected chi connectivity index (χ4v) is 2.81. The van der Waals surface area contributed by atoms with E-state index in [1.165, 1.54) is 0 Å². The molecule has 3 heterocycles. The smallest absolute Gasteiger partial charge is 0.236 e. The molecule has 0 aromatic carbocycles. The van der Waals surface area contributed by atoms with Crippen molar-refractivity contribution in [3.8, 4) is 0 Å². The fourth-order valence-electron chi connectivity index (χ4n) is 2.81. The van der Waals surface area contributed by atoms with Crippen LogP contribution < -0.4 is 10.6 Å². The zero-order valence-electron chi connectivity index (χ0n) is 14.0. The molecule has 0 radical (unpaired) electrons. The molecule has 0 spiro atoms. The quantitative estimate of drug-likeness (QED) is 0.865. The number of aromatic nitrogens is 3. The number of anilines is 2. The molecule has 7 nitrogen and oxygen atoms in total. The standard InChI is InChI=1S/C17H22N6O/c1-12-3-4-15(20-9-12)22-17-19-7-5-14(21-17)13-6-8-23(11-13)16(24)10-18-2/h3-5,7,9,13,18H,6,8,10-11H2,1-2H3,(H,19,20,21,22). The molecule has 126 valence electrons. The molecule has 0 saturated carbocycles. The summed E-state index contributed by atoms with van der Waals surface area (Å²) in [6.45, 7) is 3.86. The summed E-state index contributed by atoms with van der Waals surface area (Å²) in [7, 11) is 1.78. The molecule has 1 saturated heterocycles. The Hall–Kier alpha value is -2.54. The normalized spacial score (nSPS) is 17.1. The summed E-state index contributed by atoms with van der Waals surface area (Å²) in [6, 6.07) is 5.81. The van der Waals surface area contributed by atoms with Gasteiger partial charge in [0.2, 0.25) is 11.9 Å². The molecule has 1 fully saturated rings. The number of likely N-dealkylation sites (N-methyl/N-ethyl adjacent to an activating group) is 1. The van der Waals surface area contributed by atoms with Gasteiger partial charge in [0.05, 0.1) is 12.2 Å². The number of aryl methyl sites for hydroxylation is 1. The van der Waals surface area contributed by atoms with E-state index in [-0.39, 0.29) is 11.8 Å². The molecule has 2 N–H and O–H groups in total. The van der Waals surface area contributed by atoms with Crippen LogP contribution in [0, 0.1) is 6.92 Å². The second-order valence-electron chi connectivity index (χ2n) is 6.01. The van der Waals surface area contributed by atoms with E-state index in [4.69, 9.17) is 0 Å². The number of pyridine rings is 1. The van der Waals surface area contributed by atoms with Crippen molar-refractivity contribution < 1.29 is 4.79 Å². The average Bonchev–Trinajstić information content (AvgIpc) is 3.08. The predicted octanol–water partition coefficient (Wildman–Crippen LogP) is 1.46. The minimum atomic E-state index is 0.135. The summed E-state index contributed by atoms with van der Waals surface area (Å²) in [5.41, 5.74) is 2.06. The van der Waals surface area contributed by atoms with Crippen LogP contribution in [0.15, 0.2) is 30.6 Å². The highest BCUT2D eigenvalue weighted by Gasteiger charge is 2.27. The lowest BCUT2D eigenvalue weighted by molar-refractivity contribution is -0.129. The van der Waals surface area contributed by atoms with Gasteiger partial charge in [-0.1, -0.05) is 6.07 Å². The van der Waals surface area contributed by atoms with Crippen LogP contribution in [0.2, 0.25) is 0 Å². The van der Waals surface area contributed by atoms with Crippen LogP contribution in [0.4, 0.5) is 11.8 Å². The van der Waals surface area contributed by atoms with Gasteiger partial charge in [-0.05, 0) is 38.1 Å². The number of likely N-dealkylation sites (tertiary alicyclic amines) is 1. The third kappa shape index (κ3) is 3.86. The van der Waals surface area contributed by atoms with Gasteiger partial charge in [0.15, 0.2) is 0 Å². The van der Waals surface area contributed by atoms with Crippen molar-refractivity contribution in [1.82, 2.24) is 25.2 Å². The fraction of sp³-hybridized carbons (Fsp3) is 0.412. The number of amides is 1. The Bertz CT molecular complexity index is 702. The monoisotopic (exact) mass is 326 g/mol. The van der Waals surface area contributed by atoms with E-state index in [2.05, 4.69) is 25.6 Å². The van der Waals surface area contributed by atoms with E-state index in [1.54, 1.807) is 19.4 Å². The van der Waals surface area contributed by atoms with Crippen molar-refractivity contribution in [2.75, 3.05) is 32.0 Å². The van der Waals surface area contributed by atoms with Crippen molar-refractivity contribution in [2.45, 2.75) is 19.3 Å². The first-order valence-corrected chi connectivity index (χ1v) is 8.10. The minimum absolute atomic E-state index is 0.135. The topological polar surface area (TPSA) is 83.0 Å². The van der Waals surface area contributed by atoms with Crippen LogP contribution in [0.3, 0.4) is 0 Å². The Labute approximate surface area is 141 Å². The van der Waals surface area contributed by atoms with Crippen LogP contribution in [0.1, 0.15) is 23.6 Å². The van der Waals surface area contributed by atoms with Crippen LogP contribution in [0.25, 0.3) is 0 Å². The van der Waals surface area contributed by atoms with Crippen molar-refractivity contribution in [2.24, 2.45) is 0 Å². The lowest BCUT2D eigenvalue weighted by Gasteiger charge is -2.16. The first kappa shape index (κ1) is 16.3. The van der Waals surface area contributed by atoms with Crippen LogP contribution in [0.5, 0.6) is 0 Å². The highest BCUT2D eigenvalue weighted by Crippen LogP contribution is 2.26. The van der Waals surface area contributed by atoms with Crippen molar-refractivity contribution in [1.29, 1.82) is 0 Å². The Morgan fingerprint density at radius 3 is 2.96 bits per heavy atom. The van der Waals surface area contributed by atoms with E-state index in [1.807, 2.05) is 30.0 Å². The molecular weight excluding hydrogens is 304 g/mol. The highest BCUT2D eigenvalue weighted by atomic mass is 16.2. The van der Waals surface area contributed by atoms with Gasteiger partial charge in [-0.2, -0.15) is 0 Å². The second kappa shape index (κ2) is 7.35. The summed E-state index contributed by atoms with van der Waals surface area (Å²) >= 11 is 0. The van der Waals surface area contributed by atoms with Gasteiger partial charge in [-0.25, -0.2) is 15.0 Å². The molecule has 1 amide bonds. The maximum absolute atomic E-state index is 12.0. The molecular formula is C17H22N6O. The Balaban J connectivity index is 1.67. The molecule has 1 aliphatic rings. The van der Waals surface area contributed by atoms with Gasteiger partial charge in [0, 0.05) is 31.4 Å². The number of nitrogens with one attached hydrogen (secondary N) is 2. The molecule has 24 heavy (non-hydrogen) atoms. The van der Waals surface area contributed by atoms with E-state index >= 15 is 0 Å². The average molecular weight is 326 g/mol. The molecule has 3 rings (SSSR count). The molecule has 7 heteroatoms. The molecule has 2 aromatic heterocycles. The van der Waals surface area contributed by atoms with Gasteiger partial charge >= 0.3 is 0 Å². The number of carbonyl (C=O) groups excluding carboxylic acids is 1. The second-order valence-corrected chi connectivity index (χ2v) is 6.01. The lowest BCUT2D eigenvalue weighted by atomic mass is 10.1. The maximum atomic E-state index is 12.0. The third-order valence-corrected chi connectivity index (χ3v) is 4.12. The SMILES string of the molecule is CNCC(=O)N1CCC(c2ccnc(Nc3ccc(C)cn3)n2)C1. The molecule has 0 aliphatic carbocycles. The summed E-state index contributed by atoms with van der Waals surface area (Å²) in [4.78, 5) is 27.0. The zero-order chi connectivity index (χ0) is 16.9. The summed E-state index contributed by atoms with van der Waals surface area (Å²) in [6.07, 6.45) is 4.47. The van der Waals surface area contributed by atoms with Gasteiger partial charge in [-0.15, -0.1) is 0 Å². The van der Waals surface area contributed by atoms with Gasteiger partial charge in [0.25, 0.3) is 0 Å². The van der Waals surface area contributed by atoms with E-state index in [0.29, 0.717) is 19.0 Å². The first-order chi connectivity index (χ1) is 11.7. The largest absolute Gasteiger partial charge is 0.341 e. The molecule has 0 bridgehead atoms. The lowest BCUT2D eigenvalue weighted by Crippen LogP contribution is -2.35. The Kier molecular flexibility index (Phi) is 5.00.